The summed E-state index contributed by atoms with van der Waals surface area (Å²) in [6.07, 6.45) is 1.47. The number of rotatable bonds is 4. The van der Waals surface area contributed by atoms with E-state index in [0.29, 0.717) is 4.88 Å². The lowest BCUT2D eigenvalue weighted by molar-refractivity contribution is 0.0945. The van der Waals surface area contributed by atoms with E-state index in [0.717, 1.165) is 34.0 Å². The van der Waals surface area contributed by atoms with E-state index in [1.165, 1.54) is 6.20 Å². The van der Waals surface area contributed by atoms with Gasteiger partial charge in [0.05, 0.1) is 17.2 Å². The third kappa shape index (κ3) is 2.89. The number of hydrogen-bond acceptors (Lipinski definition) is 5. The average molecular weight is 349 g/mol. The fraction of sp³-hybridized carbons (Fsp3) is 0.111. The Labute approximate surface area is 148 Å². The molecule has 1 N–H and O–H groups in total. The number of aromatic nitrogens is 4. The highest BCUT2D eigenvalue weighted by molar-refractivity contribution is 7.07. The summed E-state index contributed by atoms with van der Waals surface area (Å²) in [5.74, 6) is 0.564. The Kier molecular flexibility index (Phi) is 3.99. The maximum atomic E-state index is 12.6. The zero-order valence-electron chi connectivity index (χ0n) is 13.5. The number of nitrogens with zero attached hydrogens (tertiary/aromatic N) is 4. The van der Waals surface area contributed by atoms with E-state index in [4.69, 9.17) is 4.98 Å². The molecule has 2 heterocycles. The fourth-order valence-corrected chi connectivity index (χ4v) is 3.25. The van der Waals surface area contributed by atoms with Gasteiger partial charge < -0.3 is 9.88 Å². The second-order valence-electron chi connectivity index (χ2n) is 5.62. The van der Waals surface area contributed by atoms with Crippen LogP contribution in [0.3, 0.4) is 0 Å². The Balaban J connectivity index is 1.79. The van der Waals surface area contributed by atoms with Crippen molar-refractivity contribution in [1.82, 2.24) is 24.5 Å². The molecule has 0 unspecified atom stereocenters. The number of hydrogen-bond donors (Lipinski definition) is 1. The van der Waals surface area contributed by atoms with Crippen LogP contribution in [0.25, 0.3) is 11.0 Å². The molecule has 4 aromatic rings. The Morgan fingerprint density at radius 2 is 1.88 bits per heavy atom. The van der Waals surface area contributed by atoms with E-state index in [1.807, 2.05) is 66.2 Å². The third-order valence-corrected chi connectivity index (χ3v) is 4.74. The molecule has 6 nitrogen and oxygen atoms in total. The normalized spacial score (nSPS) is 12.2. The van der Waals surface area contributed by atoms with Crippen LogP contribution in [0.15, 0.2) is 60.8 Å². The first-order valence-electron chi connectivity index (χ1n) is 7.78. The van der Waals surface area contributed by atoms with Gasteiger partial charge in [-0.1, -0.05) is 47.0 Å². The van der Waals surface area contributed by atoms with Gasteiger partial charge in [-0.2, -0.15) is 0 Å². The number of fused-ring (bicyclic) bond motifs is 1. The van der Waals surface area contributed by atoms with Crippen LogP contribution in [0.4, 0.5) is 0 Å². The lowest BCUT2D eigenvalue weighted by atomic mass is 10.1. The fourth-order valence-electron chi connectivity index (χ4n) is 2.83. The molecule has 2 aromatic heterocycles. The molecule has 4 rings (SSSR count). The van der Waals surface area contributed by atoms with Crippen LogP contribution in [0.2, 0.25) is 0 Å². The zero-order valence-corrected chi connectivity index (χ0v) is 14.3. The van der Waals surface area contributed by atoms with Crippen molar-refractivity contribution in [2.75, 3.05) is 0 Å². The predicted molar refractivity (Wildman–Crippen MR) is 96.4 cm³/mol. The van der Waals surface area contributed by atoms with Gasteiger partial charge in [-0.15, -0.1) is 5.10 Å². The first-order valence-corrected chi connectivity index (χ1v) is 8.56. The van der Waals surface area contributed by atoms with Gasteiger partial charge in [-0.05, 0) is 29.2 Å². The first kappa shape index (κ1) is 15.5. The van der Waals surface area contributed by atoms with Crippen molar-refractivity contribution in [3.8, 4) is 0 Å². The van der Waals surface area contributed by atoms with Crippen LogP contribution in [0, 0.1) is 0 Å². The number of carbonyl (C=O) groups excluding carboxylic acids is 1. The molecule has 124 valence electrons. The molecule has 0 aliphatic rings. The molecule has 2 aromatic carbocycles. The molecule has 0 radical (unpaired) electrons. The molecule has 0 spiro atoms. The van der Waals surface area contributed by atoms with Gasteiger partial charge in [0.25, 0.3) is 5.91 Å². The first-order chi connectivity index (χ1) is 12.2. The van der Waals surface area contributed by atoms with Crippen molar-refractivity contribution >= 4 is 28.5 Å². The molecular weight excluding hydrogens is 334 g/mol. The van der Waals surface area contributed by atoms with Crippen molar-refractivity contribution < 1.29 is 4.79 Å². The molecule has 0 fully saturated rings. The highest BCUT2D eigenvalue weighted by Crippen LogP contribution is 2.25. The quantitative estimate of drug-likeness (QED) is 0.615. The summed E-state index contributed by atoms with van der Waals surface area (Å²) in [5, 5.41) is 6.80. The molecule has 7 heteroatoms. The number of imidazole rings is 1. The number of amides is 1. The van der Waals surface area contributed by atoms with Gasteiger partial charge in [0.2, 0.25) is 0 Å². The van der Waals surface area contributed by atoms with Gasteiger partial charge in [0.15, 0.2) is 0 Å². The summed E-state index contributed by atoms with van der Waals surface area (Å²) in [4.78, 5) is 17.8. The maximum absolute atomic E-state index is 12.6. The van der Waals surface area contributed by atoms with Crippen molar-refractivity contribution in [1.29, 1.82) is 0 Å². The summed E-state index contributed by atoms with van der Waals surface area (Å²) in [6, 6.07) is 17.4. The van der Waals surface area contributed by atoms with Crippen LogP contribution in [0.5, 0.6) is 0 Å². The molecule has 0 aliphatic carbocycles. The second-order valence-corrected chi connectivity index (χ2v) is 6.40. The van der Waals surface area contributed by atoms with E-state index >= 15 is 0 Å². The van der Waals surface area contributed by atoms with E-state index in [-0.39, 0.29) is 11.9 Å². The Hall–Kier alpha value is -3.06. The van der Waals surface area contributed by atoms with E-state index < -0.39 is 0 Å². The van der Waals surface area contributed by atoms with Crippen molar-refractivity contribution in [2.24, 2.45) is 7.05 Å². The Bertz CT molecular complexity index is 1010. The molecule has 1 amide bonds. The third-order valence-electron chi connectivity index (χ3n) is 4.07. The summed E-state index contributed by atoms with van der Waals surface area (Å²) in [5.41, 5.74) is 2.88. The average Bonchev–Trinajstić information content (AvgIpc) is 3.29. The van der Waals surface area contributed by atoms with Crippen LogP contribution in [-0.2, 0) is 7.05 Å². The lowest BCUT2D eigenvalue weighted by Gasteiger charge is -2.18. The van der Waals surface area contributed by atoms with Gasteiger partial charge in [0, 0.05) is 7.05 Å². The summed E-state index contributed by atoms with van der Waals surface area (Å²) in [7, 11) is 1.96. The summed E-state index contributed by atoms with van der Waals surface area (Å²) in [6.45, 7) is 0. The number of para-hydroxylation sites is 2. The van der Waals surface area contributed by atoms with Crippen molar-refractivity contribution in [3.63, 3.8) is 0 Å². The standard InChI is InChI=1S/C18H15N5OS/c1-23-14-10-6-5-9-13(14)20-17(23)16(12-7-3-2-4-8-12)21-18(24)15-11-19-22-25-15/h2-11,16H,1H3,(H,21,24)/t16-/m0/s1. The largest absolute Gasteiger partial charge is 0.337 e. The minimum atomic E-state index is -0.367. The molecule has 25 heavy (non-hydrogen) atoms. The summed E-state index contributed by atoms with van der Waals surface area (Å²) >= 11 is 1.07. The Morgan fingerprint density at radius 1 is 1.12 bits per heavy atom. The molecule has 0 aliphatic heterocycles. The molecule has 0 bridgehead atoms. The van der Waals surface area contributed by atoms with E-state index in [1.54, 1.807) is 0 Å². The highest BCUT2D eigenvalue weighted by atomic mass is 32.1. The predicted octanol–water partition coefficient (Wildman–Crippen LogP) is 2.94. The minimum Gasteiger partial charge on any atom is -0.337 e. The van der Waals surface area contributed by atoms with Crippen molar-refractivity contribution in [3.05, 3.63) is 77.1 Å². The topological polar surface area (TPSA) is 72.7 Å². The van der Waals surface area contributed by atoms with Gasteiger partial charge in [0.1, 0.15) is 16.7 Å². The number of carbonyl (C=O) groups is 1. The molecule has 1 atom stereocenters. The number of benzene rings is 2. The van der Waals surface area contributed by atoms with Crippen LogP contribution in [0.1, 0.15) is 27.1 Å². The monoisotopic (exact) mass is 349 g/mol. The number of aryl methyl sites for hydroxylation is 1. The van der Waals surface area contributed by atoms with Crippen LogP contribution >= 0.6 is 11.5 Å². The SMILES string of the molecule is Cn1c([C@@H](NC(=O)c2cnns2)c2ccccc2)nc2ccccc21. The van der Waals surface area contributed by atoms with Crippen LogP contribution < -0.4 is 5.32 Å². The van der Waals surface area contributed by atoms with Gasteiger partial charge >= 0.3 is 0 Å². The Morgan fingerprint density at radius 3 is 2.60 bits per heavy atom. The van der Waals surface area contributed by atoms with E-state index in [9.17, 15) is 4.79 Å². The highest BCUT2D eigenvalue weighted by Gasteiger charge is 2.23. The van der Waals surface area contributed by atoms with Gasteiger partial charge in [-0.3, -0.25) is 4.79 Å². The van der Waals surface area contributed by atoms with Crippen molar-refractivity contribution in [2.45, 2.75) is 6.04 Å². The number of nitrogens with one attached hydrogen (secondary N) is 1. The molecular formula is C18H15N5OS. The minimum absolute atomic E-state index is 0.212. The van der Waals surface area contributed by atoms with Gasteiger partial charge in [-0.25, -0.2) is 4.98 Å². The zero-order chi connectivity index (χ0) is 17.2. The summed E-state index contributed by atoms with van der Waals surface area (Å²) < 4.78 is 5.77. The second kappa shape index (κ2) is 6.45. The smallest absolute Gasteiger partial charge is 0.265 e. The maximum Gasteiger partial charge on any atom is 0.265 e. The molecule has 0 saturated heterocycles. The van der Waals surface area contributed by atoms with E-state index in [2.05, 4.69) is 14.9 Å². The molecule has 0 saturated carbocycles. The lowest BCUT2D eigenvalue weighted by Crippen LogP contribution is -2.30. The van der Waals surface area contributed by atoms with Crippen LogP contribution in [-0.4, -0.2) is 25.0 Å².